The standard InChI is InChI=1S/C25H32F3N3O3S/c1-2-3-4-14-31-15-6-7-19(18-31)17-29-35(33,34)23-9-5-8-20(16-23)24(32)30-22-12-10-21(11-13-22)25(26,27)28/h5,8-13,16,19,29H,2-4,6-7,14-15,17-18H2,1H3,(H,30,32). The second-order valence-electron chi connectivity index (χ2n) is 8.92. The molecule has 1 amide bonds. The first-order chi connectivity index (χ1) is 16.6. The number of benzene rings is 2. The maximum absolute atomic E-state index is 12.9. The Labute approximate surface area is 205 Å². The Balaban J connectivity index is 1.59. The Hall–Kier alpha value is -2.43. The molecule has 0 bridgehead atoms. The van der Waals surface area contributed by atoms with Crippen LogP contribution in [0.2, 0.25) is 0 Å². The molecular formula is C25H32F3N3O3S. The molecule has 2 aromatic carbocycles. The van der Waals surface area contributed by atoms with Gasteiger partial charge in [0.15, 0.2) is 0 Å². The lowest BCUT2D eigenvalue weighted by atomic mass is 9.98. The van der Waals surface area contributed by atoms with Crippen LogP contribution in [0.3, 0.4) is 0 Å². The molecule has 35 heavy (non-hydrogen) atoms. The third-order valence-electron chi connectivity index (χ3n) is 6.12. The van der Waals surface area contributed by atoms with E-state index in [2.05, 4.69) is 21.9 Å². The van der Waals surface area contributed by atoms with Crippen molar-refractivity contribution in [2.75, 3.05) is 31.5 Å². The quantitative estimate of drug-likeness (QED) is 0.433. The molecule has 1 heterocycles. The number of nitrogens with one attached hydrogen (secondary N) is 2. The minimum Gasteiger partial charge on any atom is -0.322 e. The molecule has 2 N–H and O–H groups in total. The van der Waals surface area contributed by atoms with Gasteiger partial charge in [0.25, 0.3) is 5.91 Å². The largest absolute Gasteiger partial charge is 0.416 e. The lowest BCUT2D eigenvalue weighted by Crippen LogP contribution is -2.41. The molecule has 0 saturated carbocycles. The Bertz CT molecular complexity index is 1090. The summed E-state index contributed by atoms with van der Waals surface area (Å²) in [5, 5.41) is 2.50. The smallest absolute Gasteiger partial charge is 0.322 e. The average Bonchev–Trinajstić information content (AvgIpc) is 2.83. The Morgan fingerprint density at radius 2 is 1.86 bits per heavy atom. The maximum atomic E-state index is 12.9. The molecule has 2 aromatic rings. The van der Waals surface area contributed by atoms with E-state index in [0.717, 1.165) is 63.2 Å². The van der Waals surface area contributed by atoms with E-state index in [0.29, 0.717) is 6.54 Å². The molecule has 1 unspecified atom stereocenters. The number of rotatable bonds is 10. The van der Waals surface area contributed by atoms with Gasteiger partial charge in [0.05, 0.1) is 10.5 Å². The predicted octanol–water partition coefficient (Wildman–Crippen LogP) is 5.14. The van der Waals surface area contributed by atoms with Gasteiger partial charge in [-0.1, -0.05) is 25.8 Å². The van der Waals surface area contributed by atoms with E-state index in [1.54, 1.807) is 0 Å². The highest BCUT2D eigenvalue weighted by Crippen LogP contribution is 2.30. The Kier molecular flexibility index (Phi) is 9.32. The molecule has 1 saturated heterocycles. The second-order valence-corrected chi connectivity index (χ2v) is 10.7. The second kappa shape index (κ2) is 12.0. The van der Waals surface area contributed by atoms with Crippen LogP contribution in [0.4, 0.5) is 18.9 Å². The number of piperidine rings is 1. The van der Waals surface area contributed by atoms with Crippen molar-refractivity contribution in [3.8, 4) is 0 Å². The minimum absolute atomic E-state index is 0.0341. The minimum atomic E-state index is -4.47. The molecule has 1 atom stereocenters. The van der Waals surface area contributed by atoms with Crippen LogP contribution in [-0.4, -0.2) is 45.4 Å². The van der Waals surface area contributed by atoms with Gasteiger partial charge in [0, 0.05) is 24.3 Å². The van der Waals surface area contributed by atoms with Gasteiger partial charge in [0.1, 0.15) is 0 Å². The summed E-state index contributed by atoms with van der Waals surface area (Å²) in [5.41, 5.74) is -0.556. The number of unbranched alkanes of at least 4 members (excludes halogenated alkanes) is 2. The van der Waals surface area contributed by atoms with Gasteiger partial charge in [-0.3, -0.25) is 4.79 Å². The highest BCUT2D eigenvalue weighted by Gasteiger charge is 2.30. The van der Waals surface area contributed by atoms with Crippen molar-refractivity contribution in [3.63, 3.8) is 0 Å². The van der Waals surface area contributed by atoms with Crippen molar-refractivity contribution < 1.29 is 26.4 Å². The van der Waals surface area contributed by atoms with E-state index in [-0.39, 0.29) is 22.1 Å². The van der Waals surface area contributed by atoms with Crippen LogP contribution in [0.15, 0.2) is 53.4 Å². The van der Waals surface area contributed by atoms with Crippen molar-refractivity contribution >= 4 is 21.6 Å². The van der Waals surface area contributed by atoms with Crippen LogP contribution >= 0.6 is 0 Å². The summed E-state index contributed by atoms with van der Waals surface area (Å²) in [4.78, 5) is 14.9. The monoisotopic (exact) mass is 511 g/mol. The predicted molar refractivity (Wildman–Crippen MR) is 130 cm³/mol. The van der Waals surface area contributed by atoms with Crippen LogP contribution < -0.4 is 10.0 Å². The zero-order valence-corrected chi connectivity index (χ0v) is 20.6. The summed E-state index contributed by atoms with van der Waals surface area (Å²) >= 11 is 0. The molecule has 192 valence electrons. The van der Waals surface area contributed by atoms with E-state index in [1.165, 1.54) is 37.1 Å². The molecule has 0 spiro atoms. The number of carbonyl (C=O) groups excluding carboxylic acids is 1. The summed E-state index contributed by atoms with van der Waals surface area (Å²) in [6, 6.07) is 9.64. The summed E-state index contributed by atoms with van der Waals surface area (Å²) in [6.07, 6.45) is 1.04. The normalized spacial score (nSPS) is 17.3. The fraction of sp³-hybridized carbons (Fsp3) is 0.480. The summed E-state index contributed by atoms with van der Waals surface area (Å²) in [5.74, 6) is -0.386. The number of hydrogen-bond acceptors (Lipinski definition) is 4. The number of carbonyl (C=O) groups is 1. The lowest BCUT2D eigenvalue weighted by molar-refractivity contribution is -0.137. The van der Waals surface area contributed by atoms with Crippen molar-refractivity contribution in [1.82, 2.24) is 9.62 Å². The first kappa shape index (κ1) is 27.2. The highest BCUT2D eigenvalue weighted by molar-refractivity contribution is 7.89. The molecular weight excluding hydrogens is 479 g/mol. The molecule has 1 aliphatic rings. The fourth-order valence-electron chi connectivity index (χ4n) is 4.17. The molecule has 1 aliphatic heterocycles. The third-order valence-corrected chi connectivity index (χ3v) is 7.54. The van der Waals surface area contributed by atoms with Gasteiger partial charge in [-0.15, -0.1) is 0 Å². The Morgan fingerprint density at radius 1 is 1.11 bits per heavy atom. The maximum Gasteiger partial charge on any atom is 0.416 e. The van der Waals surface area contributed by atoms with E-state index in [9.17, 15) is 26.4 Å². The van der Waals surface area contributed by atoms with Gasteiger partial charge in [-0.05, 0) is 80.7 Å². The Morgan fingerprint density at radius 3 is 2.54 bits per heavy atom. The number of anilines is 1. The van der Waals surface area contributed by atoms with Crippen molar-refractivity contribution in [3.05, 3.63) is 59.7 Å². The van der Waals surface area contributed by atoms with Crippen LogP contribution in [0.1, 0.15) is 54.9 Å². The van der Waals surface area contributed by atoms with E-state index in [4.69, 9.17) is 0 Å². The molecule has 10 heteroatoms. The molecule has 0 radical (unpaired) electrons. The lowest BCUT2D eigenvalue weighted by Gasteiger charge is -2.32. The summed E-state index contributed by atoms with van der Waals surface area (Å²) < 4.78 is 66.6. The van der Waals surface area contributed by atoms with Crippen molar-refractivity contribution in [2.45, 2.75) is 50.1 Å². The zero-order valence-electron chi connectivity index (χ0n) is 19.8. The van der Waals surface area contributed by atoms with Crippen LogP contribution in [0.25, 0.3) is 0 Å². The molecule has 0 aromatic heterocycles. The molecule has 6 nitrogen and oxygen atoms in total. The van der Waals surface area contributed by atoms with Gasteiger partial charge in [-0.2, -0.15) is 13.2 Å². The van der Waals surface area contributed by atoms with E-state index >= 15 is 0 Å². The van der Waals surface area contributed by atoms with Crippen molar-refractivity contribution in [2.24, 2.45) is 5.92 Å². The highest BCUT2D eigenvalue weighted by atomic mass is 32.2. The van der Waals surface area contributed by atoms with Crippen molar-refractivity contribution in [1.29, 1.82) is 0 Å². The molecule has 0 aliphatic carbocycles. The molecule has 1 fully saturated rings. The number of sulfonamides is 1. The van der Waals surface area contributed by atoms with Gasteiger partial charge >= 0.3 is 6.18 Å². The first-order valence-corrected chi connectivity index (χ1v) is 13.4. The van der Waals surface area contributed by atoms with Gasteiger partial charge < -0.3 is 10.2 Å². The zero-order chi connectivity index (χ0) is 25.5. The summed E-state index contributed by atoms with van der Waals surface area (Å²) in [6.45, 7) is 5.44. The third kappa shape index (κ3) is 8.05. The van der Waals surface area contributed by atoms with E-state index in [1.807, 2.05) is 0 Å². The van der Waals surface area contributed by atoms with Crippen LogP contribution in [0, 0.1) is 5.92 Å². The number of hydrogen-bond donors (Lipinski definition) is 2. The number of likely N-dealkylation sites (tertiary alicyclic amines) is 1. The SMILES string of the molecule is CCCCCN1CCCC(CNS(=O)(=O)c2cccc(C(=O)Nc3ccc(C(F)(F)F)cc3)c2)C1. The van der Waals surface area contributed by atoms with Gasteiger partial charge in [0.2, 0.25) is 10.0 Å². The number of halogens is 3. The topological polar surface area (TPSA) is 78.5 Å². The van der Waals surface area contributed by atoms with Crippen LogP contribution in [-0.2, 0) is 16.2 Å². The molecule has 3 rings (SSSR count). The first-order valence-electron chi connectivity index (χ1n) is 11.9. The average molecular weight is 512 g/mol. The summed E-state index contributed by atoms with van der Waals surface area (Å²) in [7, 11) is -3.82. The van der Waals surface area contributed by atoms with Gasteiger partial charge in [-0.25, -0.2) is 13.1 Å². The fourth-order valence-corrected chi connectivity index (χ4v) is 5.33. The number of alkyl halides is 3. The van der Waals surface area contributed by atoms with Crippen LogP contribution in [0.5, 0.6) is 0 Å². The number of nitrogens with zero attached hydrogens (tertiary/aromatic N) is 1. The number of amides is 1. The van der Waals surface area contributed by atoms with E-state index < -0.39 is 27.7 Å².